The van der Waals surface area contributed by atoms with E-state index in [0.717, 1.165) is 0 Å². The Morgan fingerprint density at radius 3 is 2.19 bits per heavy atom. The van der Waals surface area contributed by atoms with Crippen molar-refractivity contribution in [1.82, 2.24) is 0 Å². The summed E-state index contributed by atoms with van der Waals surface area (Å²) in [4.78, 5) is 12.6. The van der Waals surface area contributed by atoms with Gasteiger partial charge in [-0.3, -0.25) is 9.52 Å². The predicted octanol–water partition coefficient (Wildman–Crippen LogP) is 3.52. The van der Waals surface area contributed by atoms with Gasteiger partial charge in [-0.2, -0.15) is 0 Å². The van der Waals surface area contributed by atoms with E-state index in [1.54, 1.807) is 42.5 Å². The van der Waals surface area contributed by atoms with Crippen molar-refractivity contribution in [2.45, 2.75) is 4.90 Å². The van der Waals surface area contributed by atoms with Gasteiger partial charge in [0.25, 0.3) is 15.9 Å². The molecule has 0 saturated carbocycles. The summed E-state index contributed by atoms with van der Waals surface area (Å²) in [6.45, 7) is 0.937. The van der Waals surface area contributed by atoms with Crippen LogP contribution in [0.4, 0.5) is 11.4 Å². The number of carbonyl (C=O) groups excluding carboxylic acids is 1. The average molecular weight is 440 g/mol. The Kier molecular flexibility index (Phi) is 5.68. The molecule has 2 N–H and O–H groups in total. The highest BCUT2D eigenvalue weighted by atomic mass is 32.2. The maximum atomic E-state index is 12.6. The second kappa shape index (κ2) is 8.57. The van der Waals surface area contributed by atoms with Crippen molar-refractivity contribution in [2.24, 2.45) is 0 Å². The molecule has 0 aromatic heterocycles. The SMILES string of the molecule is COc1ccc(NS(=O)(=O)c2ccc(C(=O)Nc3ccc4c(c3)OCCO4)cc2)cc1. The molecule has 8 nitrogen and oxygen atoms in total. The fourth-order valence-electron chi connectivity index (χ4n) is 2.98. The number of methoxy groups -OCH3 is 1. The van der Waals surface area contributed by atoms with E-state index in [2.05, 4.69) is 10.0 Å². The minimum atomic E-state index is -3.80. The smallest absolute Gasteiger partial charge is 0.261 e. The van der Waals surface area contributed by atoms with Crippen molar-refractivity contribution in [3.8, 4) is 17.2 Å². The predicted molar refractivity (Wildman–Crippen MR) is 116 cm³/mol. The molecule has 160 valence electrons. The Balaban J connectivity index is 1.44. The Morgan fingerprint density at radius 2 is 1.52 bits per heavy atom. The van der Waals surface area contributed by atoms with Crippen molar-refractivity contribution in [2.75, 3.05) is 30.4 Å². The number of carbonyl (C=O) groups is 1. The van der Waals surface area contributed by atoms with Gasteiger partial charge >= 0.3 is 0 Å². The zero-order chi connectivity index (χ0) is 21.8. The number of fused-ring (bicyclic) bond motifs is 1. The van der Waals surface area contributed by atoms with E-state index in [-0.39, 0.29) is 10.8 Å². The fourth-order valence-corrected chi connectivity index (χ4v) is 4.04. The number of amides is 1. The molecular weight excluding hydrogens is 420 g/mol. The van der Waals surface area contributed by atoms with Gasteiger partial charge in [-0.1, -0.05) is 0 Å². The number of rotatable bonds is 6. The second-order valence-electron chi connectivity index (χ2n) is 6.67. The number of hydrogen-bond donors (Lipinski definition) is 2. The lowest BCUT2D eigenvalue weighted by Crippen LogP contribution is -2.17. The van der Waals surface area contributed by atoms with E-state index in [1.165, 1.54) is 31.4 Å². The highest BCUT2D eigenvalue weighted by molar-refractivity contribution is 7.92. The van der Waals surface area contributed by atoms with Crippen LogP contribution < -0.4 is 24.2 Å². The van der Waals surface area contributed by atoms with Gasteiger partial charge in [0.05, 0.1) is 12.0 Å². The van der Waals surface area contributed by atoms with Crippen molar-refractivity contribution in [1.29, 1.82) is 0 Å². The molecule has 31 heavy (non-hydrogen) atoms. The summed E-state index contributed by atoms with van der Waals surface area (Å²) >= 11 is 0. The molecule has 3 aromatic carbocycles. The highest BCUT2D eigenvalue weighted by Gasteiger charge is 2.17. The topological polar surface area (TPSA) is 103 Å². The maximum absolute atomic E-state index is 12.6. The molecule has 1 aliphatic heterocycles. The van der Waals surface area contributed by atoms with Crippen molar-refractivity contribution in [3.63, 3.8) is 0 Å². The van der Waals surface area contributed by atoms with Crippen LogP contribution in [0.25, 0.3) is 0 Å². The number of benzene rings is 3. The second-order valence-corrected chi connectivity index (χ2v) is 8.35. The maximum Gasteiger partial charge on any atom is 0.261 e. The first-order valence-corrected chi connectivity index (χ1v) is 10.9. The van der Waals surface area contributed by atoms with Crippen LogP contribution in [0, 0.1) is 0 Å². The molecule has 0 saturated heterocycles. The largest absolute Gasteiger partial charge is 0.497 e. The molecule has 0 spiro atoms. The Hall–Kier alpha value is -3.72. The molecule has 1 aliphatic rings. The van der Waals surface area contributed by atoms with Crippen LogP contribution in [-0.2, 0) is 10.0 Å². The lowest BCUT2D eigenvalue weighted by molar-refractivity contribution is 0.102. The lowest BCUT2D eigenvalue weighted by atomic mass is 10.2. The first-order chi connectivity index (χ1) is 14.9. The lowest BCUT2D eigenvalue weighted by Gasteiger charge is -2.19. The summed E-state index contributed by atoms with van der Waals surface area (Å²) in [7, 11) is -2.27. The molecule has 3 aromatic rings. The summed E-state index contributed by atoms with van der Waals surface area (Å²) in [6, 6.07) is 17.3. The third-order valence-corrected chi connectivity index (χ3v) is 5.97. The minimum absolute atomic E-state index is 0.0409. The van der Waals surface area contributed by atoms with Crippen LogP contribution in [-0.4, -0.2) is 34.6 Å². The van der Waals surface area contributed by atoms with Gasteiger partial charge < -0.3 is 19.5 Å². The van der Waals surface area contributed by atoms with Gasteiger partial charge in [0.1, 0.15) is 19.0 Å². The molecule has 1 amide bonds. The van der Waals surface area contributed by atoms with Gasteiger partial charge in [0, 0.05) is 23.0 Å². The van der Waals surface area contributed by atoms with E-state index in [0.29, 0.717) is 47.4 Å². The fraction of sp³-hybridized carbons (Fsp3) is 0.136. The Bertz CT molecular complexity index is 1190. The molecule has 0 radical (unpaired) electrons. The quantitative estimate of drug-likeness (QED) is 0.608. The van der Waals surface area contributed by atoms with Gasteiger partial charge in [0.2, 0.25) is 0 Å². The van der Waals surface area contributed by atoms with Crippen LogP contribution in [0.3, 0.4) is 0 Å². The van der Waals surface area contributed by atoms with Crippen molar-refractivity contribution in [3.05, 3.63) is 72.3 Å². The molecule has 9 heteroatoms. The normalized spacial score (nSPS) is 12.7. The molecule has 0 aliphatic carbocycles. The molecular formula is C22H20N2O6S. The molecule has 0 fully saturated rings. The van der Waals surface area contributed by atoms with Crippen LogP contribution in [0.15, 0.2) is 71.6 Å². The summed E-state index contributed by atoms with van der Waals surface area (Å²) in [6.07, 6.45) is 0. The van der Waals surface area contributed by atoms with Gasteiger partial charge in [-0.05, 0) is 60.7 Å². The Labute approximate surface area is 179 Å². The Morgan fingerprint density at radius 1 is 0.871 bits per heavy atom. The van der Waals surface area contributed by atoms with Crippen LogP contribution in [0.2, 0.25) is 0 Å². The number of hydrogen-bond acceptors (Lipinski definition) is 6. The van der Waals surface area contributed by atoms with Crippen LogP contribution in [0.5, 0.6) is 17.2 Å². The molecule has 0 bridgehead atoms. The van der Waals surface area contributed by atoms with E-state index < -0.39 is 10.0 Å². The zero-order valence-corrected chi connectivity index (χ0v) is 17.4. The van der Waals surface area contributed by atoms with Gasteiger partial charge in [-0.25, -0.2) is 8.42 Å². The van der Waals surface area contributed by atoms with E-state index in [9.17, 15) is 13.2 Å². The van der Waals surface area contributed by atoms with Crippen LogP contribution >= 0.6 is 0 Å². The van der Waals surface area contributed by atoms with Gasteiger partial charge in [0.15, 0.2) is 11.5 Å². The number of ether oxygens (including phenoxy) is 3. The highest BCUT2D eigenvalue weighted by Crippen LogP contribution is 2.32. The van der Waals surface area contributed by atoms with Crippen LogP contribution in [0.1, 0.15) is 10.4 Å². The summed E-state index contributed by atoms with van der Waals surface area (Å²) in [5.41, 5.74) is 1.27. The summed E-state index contributed by atoms with van der Waals surface area (Å²) in [5, 5.41) is 2.77. The average Bonchev–Trinajstić information content (AvgIpc) is 2.79. The van der Waals surface area contributed by atoms with Gasteiger partial charge in [-0.15, -0.1) is 0 Å². The molecule has 0 atom stereocenters. The van der Waals surface area contributed by atoms with E-state index >= 15 is 0 Å². The number of nitrogens with one attached hydrogen (secondary N) is 2. The molecule has 4 rings (SSSR count). The van der Waals surface area contributed by atoms with E-state index in [4.69, 9.17) is 14.2 Å². The first kappa shape index (κ1) is 20.5. The monoisotopic (exact) mass is 440 g/mol. The molecule has 0 unspecified atom stereocenters. The third kappa shape index (κ3) is 4.72. The first-order valence-electron chi connectivity index (χ1n) is 9.42. The van der Waals surface area contributed by atoms with Crippen molar-refractivity contribution < 1.29 is 27.4 Å². The zero-order valence-electron chi connectivity index (χ0n) is 16.6. The number of sulfonamides is 1. The molecule has 1 heterocycles. The van der Waals surface area contributed by atoms with E-state index in [1.807, 2.05) is 0 Å². The summed E-state index contributed by atoms with van der Waals surface area (Å²) < 4.78 is 43.7. The summed E-state index contributed by atoms with van der Waals surface area (Å²) in [5.74, 6) is 1.44. The van der Waals surface area contributed by atoms with Crippen molar-refractivity contribution >= 4 is 27.3 Å². The minimum Gasteiger partial charge on any atom is -0.497 e. The number of anilines is 2. The standard InChI is InChI=1S/C22H20N2O6S/c1-28-18-7-4-16(5-8-18)24-31(26,27)19-9-2-15(3-10-19)22(25)23-17-6-11-20-21(14-17)30-13-12-29-20/h2-11,14,24H,12-13H2,1H3,(H,23,25). The third-order valence-electron chi connectivity index (χ3n) is 4.57.